The second kappa shape index (κ2) is 16.6. The fraction of sp³-hybridized carbons (Fsp3) is 0.270. The molecule has 3 aromatic carbocycles. The van der Waals surface area contributed by atoms with Gasteiger partial charge in [-0.05, 0) is 59.5 Å². The maximum atomic E-state index is 13.8. The minimum Gasteiger partial charge on any atom is -0.334 e. The van der Waals surface area contributed by atoms with Gasteiger partial charge in [0.05, 0.1) is 0 Å². The van der Waals surface area contributed by atoms with Crippen molar-refractivity contribution in [3.8, 4) is 5.69 Å². The molecule has 0 aliphatic heterocycles. The first-order valence-corrected chi connectivity index (χ1v) is 16.8. The van der Waals surface area contributed by atoms with E-state index in [4.69, 9.17) is 0 Å². The number of hydrogen-bond acceptors (Lipinski definition) is 6. The van der Waals surface area contributed by atoms with Crippen molar-refractivity contribution >= 4 is 17.7 Å². The van der Waals surface area contributed by atoms with Gasteiger partial charge in [0.1, 0.15) is 5.82 Å². The van der Waals surface area contributed by atoms with Crippen molar-refractivity contribution in [2.45, 2.75) is 62.9 Å². The molecule has 5 aromatic rings. The summed E-state index contributed by atoms with van der Waals surface area (Å²) in [4.78, 5) is 51.0. The van der Waals surface area contributed by atoms with Gasteiger partial charge < -0.3 is 9.88 Å². The van der Waals surface area contributed by atoms with Gasteiger partial charge in [0.15, 0.2) is 5.16 Å². The Balaban J connectivity index is 1.42. The number of hydrogen-bond donors (Lipinski definition) is 1. The Labute approximate surface area is 277 Å². The lowest BCUT2D eigenvalue weighted by Crippen LogP contribution is -2.31. The lowest BCUT2D eigenvalue weighted by molar-refractivity contribution is 0.0740. The Morgan fingerprint density at radius 3 is 2.34 bits per heavy atom. The lowest BCUT2D eigenvalue weighted by atomic mass is 10.1. The summed E-state index contributed by atoms with van der Waals surface area (Å²) in [5.41, 5.74) is 3.49. The Hall–Kier alpha value is -4.83. The summed E-state index contributed by atoms with van der Waals surface area (Å²) in [6.07, 6.45) is 10.5. The molecule has 0 fully saturated rings. The molecule has 0 radical (unpaired) electrons. The van der Waals surface area contributed by atoms with Crippen molar-refractivity contribution in [2.24, 2.45) is 0 Å². The van der Waals surface area contributed by atoms with E-state index in [1.54, 1.807) is 18.3 Å². The summed E-state index contributed by atoms with van der Waals surface area (Å²) < 4.78 is 15.3. The highest BCUT2D eigenvalue weighted by atomic mass is 32.2. The predicted octanol–water partition coefficient (Wildman–Crippen LogP) is 6.95. The number of nitrogens with zero attached hydrogens (tertiary/aromatic N) is 4. The van der Waals surface area contributed by atoms with E-state index in [0.29, 0.717) is 40.7 Å². The molecule has 0 atom stereocenters. The number of nitrogens with one attached hydrogen (secondary N) is 1. The molecule has 0 bridgehead atoms. The smallest absolute Gasteiger partial charge is 0.334 e. The van der Waals surface area contributed by atoms with Crippen LogP contribution in [0.2, 0.25) is 0 Å². The van der Waals surface area contributed by atoms with E-state index in [1.165, 1.54) is 49.1 Å². The van der Waals surface area contributed by atoms with E-state index < -0.39 is 11.2 Å². The van der Waals surface area contributed by atoms with Crippen molar-refractivity contribution < 1.29 is 9.18 Å². The number of amides is 1. The predicted molar refractivity (Wildman–Crippen MR) is 183 cm³/mol. The quantitative estimate of drug-likeness (QED) is 0.0747. The van der Waals surface area contributed by atoms with Crippen LogP contribution in [0.1, 0.15) is 71.6 Å². The third-order valence-electron chi connectivity index (χ3n) is 7.79. The Morgan fingerprint density at radius 2 is 1.64 bits per heavy atom. The number of aromatic amines is 1. The molecule has 47 heavy (non-hydrogen) atoms. The molecule has 0 aliphatic carbocycles. The third-order valence-corrected chi connectivity index (χ3v) is 8.82. The van der Waals surface area contributed by atoms with Crippen LogP contribution >= 0.6 is 11.8 Å². The monoisotopic (exact) mass is 651 g/mol. The molecule has 8 nitrogen and oxygen atoms in total. The molecule has 242 valence electrons. The summed E-state index contributed by atoms with van der Waals surface area (Å²) in [6.45, 7) is 3.40. The van der Waals surface area contributed by atoms with Gasteiger partial charge in [-0.2, -0.15) is 4.98 Å². The van der Waals surface area contributed by atoms with Crippen LogP contribution in [-0.2, 0) is 18.7 Å². The molecule has 2 heterocycles. The van der Waals surface area contributed by atoms with E-state index in [0.717, 1.165) is 36.1 Å². The van der Waals surface area contributed by atoms with Crippen LogP contribution in [0.4, 0.5) is 4.39 Å². The molecule has 0 spiro atoms. The maximum absolute atomic E-state index is 13.8. The number of thioether (sulfide) groups is 1. The molecule has 0 saturated carbocycles. The van der Waals surface area contributed by atoms with Gasteiger partial charge in [0.2, 0.25) is 0 Å². The first kappa shape index (κ1) is 33.5. The second-order valence-corrected chi connectivity index (χ2v) is 12.4. The molecular weight excluding hydrogens is 614 g/mol. The number of aromatic nitrogens is 4. The van der Waals surface area contributed by atoms with Crippen molar-refractivity contribution in [2.75, 3.05) is 6.54 Å². The van der Waals surface area contributed by atoms with Gasteiger partial charge in [-0.1, -0.05) is 86.8 Å². The Morgan fingerprint density at radius 1 is 0.894 bits per heavy atom. The summed E-state index contributed by atoms with van der Waals surface area (Å²) in [5, 5.41) is 0.458. The number of H-pyrrole nitrogens is 1. The van der Waals surface area contributed by atoms with Gasteiger partial charge in [-0.25, -0.2) is 14.2 Å². The summed E-state index contributed by atoms with van der Waals surface area (Å²) >= 11 is 1.36. The van der Waals surface area contributed by atoms with Crippen molar-refractivity contribution in [1.82, 2.24) is 24.4 Å². The molecule has 0 unspecified atom stereocenters. The summed E-state index contributed by atoms with van der Waals surface area (Å²) in [5.74, 6) is 0.119. The summed E-state index contributed by atoms with van der Waals surface area (Å²) in [6, 6.07) is 23.6. The van der Waals surface area contributed by atoms with E-state index in [-0.39, 0.29) is 18.1 Å². The van der Waals surface area contributed by atoms with Gasteiger partial charge in [0, 0.05) is 60.7 Å². The first-order chi connectivity index (χ1) is 22.9. The van der Waals surface area contributed by atoms with E-state index in [1.807, 2.05) is 64.1 Å². The minimum atomic E-state index is -0.467. The summed E-state index contributed by atoms with van der Waals surface area (Å²) in [7, 11) is 0. The zero-order chi connectivity index (χ0) is 33.0. The van der Waals surface area contributed by atoms with Gasteiger partial charge in [-0.15, -0.1) is 0 Å². The van der Waals surface area contributed by atoms with E-state index >= 15 is 0 Å². The van der Waals surface area contributed by atoms with Gasteiger partial charge in [-0.3, -0.25) is 14.2 Å². The van der Waals surface area contributed by atoms with Crippen LogP contribution in [0.15, 0.2) is 112 Å². The molecule has 1 amide bonds. The van der Waals surface area contributed by atoms with Crippen LogP contribution in [-0.4, -0.2) is 36.9 Å². The topological polar surface area (TPSA) is 101 Å². The molecule has 0 saturated heterocycles. The average molecular weight is 652 g/mol. The zero-order valence-electron chi connectivity index (χ0n) is 26.4. The highest BCUT2D eigenvalue weighted by Gasteiger charge is 2.18. The number of unbranched alkanes of at least 4 members (excludes halogenated alkanes) is 4. The normalized spacial score (nSPS) is 11.0. The number of carbonyl (C=O) groups excluding carboxylic acids is 1. The largest absolute Gasteiger partial charge is 0.344 e. The van der Waals surface area contributed by atoms with Crippen molar-refractivity contribution in [3.63, 3.8) is 0 Å². The second-order valence-electron chi connectivity index (χ2n) is 11.4. The standard InChI is InChI=1S/C37H38FN5O3S/c1-2-3-4-5-9-20-42(24-27-10-7-6-8-11-27)35(45)30-14-18-33(19-15-30)43-25-31(21-29-22-39-36(46)40-23-29)34(44)41-37(43)47-26-28-12-16-32(38)17-13-28/h6-8,10-19,22-23,25H,2-5,9,20-21,24,26H2,1H3,(H,39,40,46). The van der Waals surface area contributed by atoms with Crippen LogP contribution in [0, 0.1) is 5.82 Å². The zero-order valence-corrected chi connectivity index (χ0v) is 27.2. The van der Waals surface area contributed by atoms with Gasteiger partial charge in [0.25, 0.3) is 11.5 Å². The average Bonchev–Trinajstić information content (AvgIpc) is 3.09. The first-order valence-electron chi connectivity index (χ1n) is 15.9. The number of carbonyl (C=O) groups is 1. The third kappa shape index (κ3) is 9.59. The van der Waals surface area contributed by atoms with Crippen LogP contribution in [0.5, 0.6) is 0 Å². The SMILES string of the molecule is CCCCCCCN(Cc1ccccc1)C(=O)c1ccc(-n2cc(Cc3cnc(=O)[nH]c3)c(=O)nc2SCc2ccc(F)cc2)cc1. The van der Waals surface area contributed by atoms with Gasteiger partial charge >= 0.3 is 5.69 Å². The van der Waals surface area contributed by atoms with Crippen LogP contribution < -0.4 is 11.2 Å². The Bertz CT molecular complexity index is 1860. The van der Waals surface area contributed by atoms with Crippen molar-refractivity contribution in [1.29, 1.82) is 0 Å². The highest BCUT2D eigenvalue weighted by Crippen LogP contribution is 2.25. The minimum absolute atomic E-state index is 0.0360. The Kier molecular flexibility index (Phi) is 11.9. The van der Waals surface area contributed by atoms with E-state index in [9.17, 15) is 18.8 Å². The number of rotatable bonds is 15. The molecule has 10 heteroatoms. The number of benzene rings is 3. The molecular formula is C37H38FN5O3S. The molecule has 1 N–H and O–H groups in total. The maximum Gasteiger partial charge on any atom is 0.344 e. The van der Waals surface area contributed by atoms with Crippen molar-refractivity contribution in [3.05, 3.63) is 152 Å². The number of halogens is 1. The molecule has 2 aromatic heterocycles. The fourth-order valence-electron chi connectivity index (χ4n) is 5.21. The lowest BCUT2D eigenvalue weighted by Gasteiger charge is -2.23. The van der Waals surface area contributed by atoms with Crippen LogP contribution in [0.25, 0.3) is 5.69 Å². The van der Waals surface area contributed by atoms with Crippen LogP contribution in [0.3, 0.4) is 0 Å². The fourth-order valence-corrected chi connectivity index (χ4v) is 6.14. The highest BCUT2D eigenvalue weighted by molar-refractivity contribution is 7.98. The van der Waals surface area contributed by atoms with E-state index in [2.05, 4.69) is 21.9 Å². The molecule has 0 aliphatic rings. The molecule has 5 rings (SSSR count).